The van der Waals surface area contributed by atoms with Crippen LogP contribution in [-0.2, 0) is 4.79 Å². The van der Waals surface area contributed by atoms with Gasteiger partial charge < -0.3 is 21.7 Å². The summed E-state index contributed by atoms with van der Waals surface area (Å²) < 4.78 is 0. The van der Waals surface area contributed by atoms with Crippen LogP contribution in [0, 0.1) is 5.92 Å². The van der Waals surface area contributed by atoms with Crippen LogP contribution in [0.1, 0.15) is 60.8 Å². The summed E-state index contributed by atoms with van der Waals surface area (Å²) in [6, 6.07) is 7.99. The van der Waals surface area contributed by atoms with E-state index < -0.39 is 0 Å². The van der Waals surface area contributed by atoms with Gasteiger partial charge in [-0.2, -0.15) is 0 Å². The summed E-state index contributed by atoms with van der Waals surface area (Å²) in [5, 5.41) is 2.95. The topological polar surface area (TPSA) is 121 Å². The van der Waals surface area contributed by atoms with E-state index in [9.17, 15) is 4.79 Å². The number of carbonyl (C=O) groups excluding carboxylic acids is 1. The number of carbonyl (C=O) groups is 1. The van der Waals surface area contributed by atoms with Gasteiger partial charge in [0, 0.05) is 40.9 Å². The zero-order valence-corrected chi connectivity index (χ0v) is 23.7. The van der Waals surface area contributed by atoms with E-state index in [1.165, 1.54) is 0 Å². The molecule has 2 rings (SSSR count). The van der Waals surface area contributed by atoms with Crippen molar-refractivity contribution in [2.45, 2.75) is 71.7 Å². The van der Waals surface area contributed by atoms with E-state index >= 15 is 0 Å². The quantitative estimate of drug-likeness (QED) is 0.208. The van der Waals surface area contributed by atoms with Gasteiger partial charge in [-0.05, 0) is 77.1 Å². The molecule has 1 fully saturated rings. The third-order valence-corrected chi connectivity index (χ3v) is 6.14. The number of thioether (sulfide) groups is 1. The minimum Gasteiger partial charge on any atom is -0.402 e. The minimum atomic E-state index is 0.101. The Morgan fingerprint density at radius 2 is 1.86 bits per heavy atom. The second-order valence-corrected chi connectivity index (χ2v) is 9.50. The molecule has 5 N–H and O–H groups in total. The van der Waals surface area contributed by atoms with E-state index in [0.717, 1.165) is 34.8 Å². The minimum absolute atomic E-state index is 0.101. The van der Waals surface area contributed by atoms with Crippen LogP contribution < -0.4 is 16.8 Å². The van der Waals surface area contributed by atoms with Gasteiger partial charge in [-0.15, -0.1) is 11.8 Å². The van der Waals surface area contributed by atoms with Gasteiger partial charge in [-0.1, -0.05) is 20.8 Å². The SMILES string of the molecule is C=N\C(=C(CC)/C(/N=C(N)/C=C(/C)N)=N\CSc1ccc(NC(=O)C2CC2)cc1)N(C)C(C)C.CC. The molecule has 36 heavy (non-hydrogen) atoms. The van der Waals surface area contributed by atoms with Crippen molar-refractivity contribution in [3.63, 3.8) is 0 Å². The Morgan fingerprint density at radius 1 is 1.25 bits per heavy atom. The van der Waals surface area contributed by atoms with Gasteiger partial charge in [0.15, 0.2) is 5.84 Å². The lowest BCUT2D eigenvalue weighted by molar-refractivity contribution is -0.117. The molecule has 1 aliphatic rings. The van der Waals surface area contributed by atoms with Crippen molar-refractivity contribution >= 4 is 41.7 Å². The standard InChI is InChI=1S/C25H37N7OS.C2H6/c1-7-21(24(28-5)32(6)16(2)3)23(31-22(27)14-17(4)26)29-15-34-20-12-10-19(11-13-20)30-25(33)18-8-9-18;1-2/h10-14,16,18H,5,7-9,15,26H2,1-4,6H3,(H,30,33)(H2,27,29,31);1-2H3/b17-14-,24-21+;. The van der Waals surface area contributed by atoms with Gasteiger partial charge in [-0.25, -0.2) is 9.98 Å². The first-order valence-corrected chi connectivity index (χ1v) is 13.4. The number of hydrogen-bond acceptors (Lipinski definition) is 6. The Balaban J connectivity index is 0.00000316. The van der Waals surface area contributed by atoms with Crippen LogP contribution in [0.25, 0.3) is 0 Å². The third kappa shape index (κ3) is 10.3. The van der Waals surface area contributed by atoms with Crippen molar-refractivity contribution in [2.75, 3.05) is 18.2 Å². The molecule has 0 aromatic heterocycles. The molecule has 1 aromatic carbocycles. The van der Waals surface area contributed by atoms with Crippen molar-refractivity contribution in [3.8, 4) is 0 Å². The highest BCUT2D eigenvalue weighted by Gasteiger charge is 2.29. The Bertz CT molecular complexity index is 986. The molecule has 8 nitrogen and oxygen atoms in total. The van der Waals surface area contributed by atoms with Gasteiger partial charge in [-0.3, -0.25) is 9.79 Å². The number of benzene rings is 1. The monoisotopic (exact) mass is 513 g/mol. The summed E-state index contributed by atoms with van der Waals surface area (Å²) in [5.41, 5.74) is 14.1. The molecule has 0 atom stereocenters. The van der Waals surface area contributed by atoms with Gasteiger partial charge in [0.25, 0.3) is 0 Å². The molecule has 0 saturated heterocycles. The predicted molar refractivity (Wildman–Crippen MR) is 157 cm³/mol. The van der Waals surface area contributed by atoms with Crippen LogP contribution in [0.15, 0.2) is 67.3 Å². The van der Waals surface area contributed by atoms with Gasteiger partial charge in [0.05, 0.1) is 5.88 Å². The Hall–Kier alpha value is -3.07. The van der Waals surface area contributed by atoms with E-state index in [1.54, 1.807) is 24.8 Å². The maximum absolute atomic E-state index is 11.9. The van der Waals surface area contributed by atoms with E-state index in [0.29, 0.717) is 23.8 Å². The first kappa shape index (κ1) is 31.0. The van der Waals surface area contributed by atoms with E-state index in [1.807, 2.05) is 57.0 Å². The lowest BCUT2D eigenvalue weighted by atomic mass is 10.1. The molecule has 1 amide bonds. The zero-order valence-electron chi connectivity index (χ0n) is 22.8. The van der Waals surface area contributed by atoms with Crippen molar-refractivity contribution < 1.29 is 4.79 Å². The van der Waals surface area contributed by atoms with Crippen LogP contribution in [0.5, 0.6) is 0 Å². The average Bonchev–Trinajstić information content (AvgIpc) is 3.69. The maximum atomic E-state index is 11.9. The molecule has 0 bridgehead atoms. The molecule has 1 aromatic rings. The summed E-state index contributed by atoms with van der Waals surface area (Å²) in [7, 11) is 1.97. The first-order chi connectivity index (χ1) is 17.2. The number of rotatable bonds is 11. The van der Waals surface area contributed by atoms with Crippen molar-refractivity contribution in [3.05, 3.63) is 47.4 Å². The molecule has 1 aliphatic carbocycles. The second-order valence-electron chi connectivity index (χ2n) is 8.49. The summed E-state index contributed by atoms with van der Waals surface area (Å²) in [5.74, 6) is 2.23. The lowest BCUT2D eigenvalue weighted by Crippen LogP contribution is -2.27. The maximum Gasteiger partial charge on any atom is 0.227 e. The van der Waals surface area contributed by atoms with Crippen LogP contribution in [0.4, 0.5) is 5.69 Å². The van der Waals surface area contributed by atoms with Crippen LogP contribution >= 0.6 is 11.8 Å². The Kier molecular flexibility index (Phi) is 13.6. The van der Waals surface area contributed by atoms with Gasteiger partial charge in [0.2, 0.25) is 5.91 Å². The molecular weight excluding hydrogens is 470 g/mol. The average molecular weight is 514 g/mol. The summed E-state index contributed by atoms with van der Waals surface area (Å²) in [6.07, 6.45) is 4.24. The normalized spacial score (nSPS) is 15.1. The number of hydrogen-bond donors (Lipinski definition) is 3. The highest BCUT2D eigenvalue weighted by molar-refractivity contribution is 7.99. The molecular formula is C27H43N7OS. The number of nitrogens with one attached hydrogen (secondary N) is 1. The number of aliphatic imine (C=N–C) groups is 3. The highest BCUT2D eigenvalue weighted by Crippen LogP contribution is 2.30. The summed E-state index contributed by atoms with van der Waals surface area (Å²) in [6.45, 7) is 15.7. The largest absolute Gasteiger partial charge is 0.402 e. The Morgan fingerprint density at radius 3 is 2.33 bits per heavy atom. The van der Waals surface area contributed by atoms with Crippen LogP contribution in [0.2, 0.25) is 0 Å². The molecule has 0 unspecified atom stereocenters. The molecule has 0 radical (unpaired) electrons. The molecule has 0 spiro atoms. The second kappa shape index (κ2) is 15.8. The summed E-state index contributed by atoms with van der Waals surface area (Å²) >= 11 is 1.57. The molecule has 0 aliphatic heterocycles. The number of allylic oxidation sites excluding steroid dienone is 1. The zero-order chi connectivity index (χ0) is 27.3. The van der Waals surface area contributed by atoms with Crippen LogP contribution in [0.3, 0.4) is 0 Å². The first-order valence-electron chi connectivity index (χ1n) is 12.4. The molecule has 0 heterocycles. The van der Waals surface area contributed by atoms with E-state index in [4.69, 9.17) is 16.5 Å². The van der Waals surface area contributed by atoms with Gasteiger partial charge >= 0.3 is 0 Å². The molecule has 198 valence electrons. The highest BCUT2D eigenvalue weighted by atomic mass is 32.2. The van der Waals surface area contributed by atoms with Crippen molar-refractivity contribution in [2.24, 2.45) is 32.4 Å². The van der Waals surface area contributed by atoms with Crippen molar-refractivity contribution in [1.82, 2.24) is 4.90 Å². The molecule has 1 saturated carbocycles. The number of nitrogens with two attached hydrogens (primary N) is 2. The van der Waals surface area contributed by atoms with Crippen molar-refractivity contribution in [1.29, 1.82) is 0 Å². The number of anilines is 1. The third-order valence-electron chi connectivity index (χ3n) is 5.28. The van der Waals surface area contributed by atoms with Crippen LogP contribution in [-0.4, -0.2) is 48.2 Å². The fourth-order valence-corrected chi connectivity index (χ4v) is 3.72. The predicted octanol–water partition coefficient (Wildman–Crippen LogP) is 5.39. The Labute approximate surface area is 221 Å². The van der Waals surface area contributed by atoms with Gasteiger partial charge in [0.1, 0.15) is 11.7 Å². The number of amidine groups is 2. The number of nitrogens with zero attached hydrogens (tertiary/aromatic N) is 4. The fourth-order valence-electron chi connectivity index (χ4n) is 3.06. The van der Waals surface area contributed by atoms with E-state index in [2.05, 4.69) is 35.9 Å². The fraction of sp³-hybridized carbons (Fsp3) is 0.481. The lowest BCUT2D eigenvalue weighted by Gasteiger charge is -2.26. The smallest absolute Gasteiger partial charge is 0.227 e. The molecule has 9 heteroatoms. The summed E-state index contributed by atoms with van der Waals surface area (Å²) in [4.78, 5) is 28.6. The van der Waals surface area contributed by atoms with E-state index in [-0.39, 0.29) is 23.7 Å². The number of amides is 1.